The second-order valence-corrected chi connectivity index (χ2v) is 5.25. The summed E-state index contributed by atoms with van der Waals surface area (Å²) in [6.45, 7) is 2.22. The summed E-state index contributed by atoms with van der Waals surface area (Å²) < 4.78 is 16.8. The van der Waals surface area contributed by atoms with Crippen molar-refractivity contribution in [3.05, 3.63) is 18.5 Å². The molecule has 0 bridgehead atoms. The van der Waals surface area contributed by atoms with Crippen LogP contribution in [0.3, 0.4) is 0 Å². The minimum absolute atomic E-state index is 0.116. The van der Waals surface area contributed by atoms with E-state index in [2.05, 4.69) is 10.3 Å². The molecule has 2 atom stereocenters. The SMILES string of the molecule is COCC(C)NC(=O)CS(=O)c1ccncc1N. The normalized spacial score (nSPS) is 13.9. The molecular formula is C11H17N3O3S. The first-order valence-electron chi connectivity index (χ1n) is 5.40. The first-order chi connectivity index (χ1) is 8.54. The molecule has 0 saturated heterocycles. The van der Waals surface area contributed by atoms with Gasteiger partial charge >= 0.3 is 0 Å². The fourth-order valence-electron chi connectivity index (χ4n) is 1.41. The Morgan fingerprint density at radius 2 is 2.39 bits per heavy atom. The van der Waals surface area contributed by atoms with E-state index in [0.717, 1.165) is 0 Å². The molecule has 1 aromatic rings. The van der Waals surface area contributed by atoms with Gasteiger partial charge in [-0.15, -0.1) is 0 Å². The molecule has 1 rings (SSSR count). The third-order valence-corrected chi connectivity index (χ3v) is 3.53. The summed E-state index contributed by atoms with van der Waals surface area (Å²) in [6, 6.07) is 1.44. The number of hydrogen-bond acceptors (Lipinski definition) is 5. The zero-order valence-corrected chi connectivity index (χ0v) is 11.2. The highest BCUT2D eigenvalue weighted by Gasteiger charge is 2.14. The van der Waals surface area contributed by atoms with Crippen LogP contribution in [0, 0.1) is 0 Å². The molecule has 1 heterocycles. The molecule has 3 N–H and O–H groups in total. The number of carbonyl (C=O) groups is 1. The quantitative estimate of drug-likeness (QED) is 0.755. The van der Waals surface area contributed by atoms with Crippen LogP contribution in [-0.4, -0.2) is 40.6 Å². The first kappa shape index (κ1) is 14.6. The minimum atomic E-state index is -1.46. The number of ether oxygens (including phenoxy) is 1. The van der Waals surface area contributed by atoms with Crippen molar-refractivity contribution < 1.29 is 13.7 Å². The molecule has 0 aliphatic heterocycles. The van der Waals surface area contributed by atoms with E-state index in [-0.39, 0.29) is 17.7 Å². The smallest absolute Gasteiger partial charge is 0.233 e. The molecule has 0 spiro atoms. The lowest BCUT2D eigenvalue weighted by Crippen LogP contribution is -2.38. The van der Waals surface area contributed by atoms with Gasteiger partial charge in [0.25, 0.3) is 0 Å². The van der Waals surface area contributed by atoms with E-state index in [1.165, 1.54) is 12.4 Å². The predicted molar refractivity (Wildman–Crippen MR) is 69.4 cm³/mol. The molecule has 0 aromatic carbocycles. The number of methoxy groups -OCH3 is 1. The van der Waals surface area contributed by atoms with Gasteiger partial charge in [-0.1, -0.05) is 0 Å². The summed E-state index contributed by atoms with van der Waals surface area (Å²) in [5, 5.41) is 2.69. The molecule has 0 saturated carbocycles. The monoisotopic (exact) mass is 271 g/mol. The minimum Gasteiger partial charge on any atom is -0.396 e. The van der Waals surface area contributed by atoms with Crippen LogP contribution >= 0.6 is 0 Å². The van der Waals surface area contributed by atoms with Gasteiger partial charge in [0.1, 0.15) is 5.75 Å². The second-order valence-electron chi connectivity index (χ2n) is 3.83. The largest absolute Gasteiger partial charge is 0.396 e. The Balaban J connectivity index is 2.55. The Kier molecular flexibility index (Phi) is 5.73. The number of carbonyl (C=O) groups excluding carboxylic acids is 1. The van der Waals surface area contributed by atoms with Gasteiger partial charge in [-0.25, -0.2) is 0 Å². The average Bonchev–Trinajstić information content (AvgIpc) is 2.29. The Morgan fingerprint density at radius 1 is 1.67 bits per heavy atom. The fourth-order valence-corrected chi connectivity index (χ4v) is 2.41. The van der Waals surface area contributed by atoms with Crippen molar-refractivity contribution in [2.75, 3.05) is 25.2 Å². The number of pyridine rings is 1. The zero-order valence-electron chi connectivity index (χ0n) is 10.4. The van der Waals surface area contributed by atoms with Gasteiger partial charge in [0.05, 0.1) is 34.2 Å². The molecule has 0 aliphatic rings. The van der Waals surface area contributed by atoms with Crippen molar-refractivity contribution in [3.8, 4) is 0 Å². The van der Waals surface area contributed by atoms with Gasteiger partial charge in [-0.05, 0) is 13.0 Å². The number of anilines is 1. The van der Waals surface area contributed by atoms with Gasteiger partial charge in [0, 0.05) is 19.3 Å². The average molecular weight is 271 g/mol. The summed E-state index contributed by atoms with van der Waals surface area (Å²) in [7, 11) is 0.0908. The van der Waals surface area contributed by atoms with Gasteiger partial charge < -0.3 is 15.8 Å². The zero-order chi connectivity index (χ0) is 13.5. The van der Waals surface area contributed by atoms with Crippen LogP contribution in [0.1, 0.15) is 6.92 Å². The van der Waals surface area contributed by atoms with Crippen LogP contribution in [0.25, 0.3) is 0 Å². The number of amides is 1. The maximum atomic E-state index is 11.9. The van der Waals surface area contributed by atoms with E-state index in [4.69, 9.17) is 10.5 Å². The number of nitrogens with one attached hydrogen (secondary N) is 1. The molecule has 0 aliphatic carbocycles. The van der Waals surface area contributed by atoms with Crippen molar-refractivity contribution in [1.82, 2.24) is 10.3 Å². The Bertz CT molecular complexity index is 439. The van der Waals surface area contributed by atoms with E-state index < -0.39 is 10.8 Å². The van der Waals surface area contributed by atoms with E-state index in [1.54, 1.807) is 13.2 Å². The molecule has 18 heavy (non-hydrogen) atoms. The molecular weight excluding hydrogens is 254 g/mol. The van der Waals surface area contributed by atoms with E-state index in [0.29, 0.717) is 17.2 Å². The Morgan fingerprint density at radius 3 is 3.00 bits per heavy atom. The lowest BCUT2D eigenvalue weighted by atomic mass is 10.3. The molecule has 2 unspecified atom stereocenters. The number of nitrogens with two attached hydrogens (primary N) is 1. The summed E-state index contributed by atoms with van der Waals surface area (Å²) >= 11 is 0. The predicted octanol–water partition coefficient (Wildman–Crippen LogP) is -0.0775. The molecule has 1 amide bonds. The van der Waals surface area contributed by atoms with Gasteiger partial charge in [-0.3, -0.25) is 14.0 Å². The van der Waals surface area contributed by atoms with Crippen molar-refractivity contribution >= 4 is 22.4 Å². The highest BCUT2D eigenvalue weighted by Crippen LogP contribution is 2.13. The van der Waals surface area contributed by atoms with E-state index in [9.17, 15) is 9.00 Å². The molecule has 0 fully saturated rings. The number of aromatic nitrogens is 1. The Hall–Kier alpha value is -1.47. The maximum absolute atomic E-state index is 11.9. The van der Waals surface area contributed by atoms with Crippen molar-refractivity contribution in [1.29, 1.82) is 0 Å². The maximum Gasteiger partial charge on any atom is 0.233 e. The van der Waals surface area contributed by atoms with Crippen LogP contribution in [0.5, 0.6) is 0 Å². The second kappa shape index (κ2) is 7.07. The topological polar surface area (TPSA) is 94.3 Å². The number of nitrogens with zero attached hydrogens (tertiary/aromatic N) is 1. The third-order valence-electron chi connectivity index (χ3n) is 2.14. The van der Waals surface area contributed by atoms with Crippen LogP contribution in [0.15, 0.2) is 23.4 Å². The summed E-state index contributed by atoms with van der Waals surface area (Å²) in [6.07, 6.45) is 2.91. The van der Waals surface area contributed by atoms with Crippen LogP contribution in [-0.2, 0) is 20.3 Å². The summed E-state index contributed by atoms with van der Waals surface area (Å²) in [5.74, 6) is -0.420. The summed E-state index contributed by atoms with van der Waals surface area (Å²) in [4.78, 5) is 15.8. The number of rotatable bonds is 6. The van der Waals surface area contributed by atoms with Crippen LogP contribution in [0.2, 0.25) is 0 Å². The summed E-state index contributed by atoms with van der Waals surface area (Å²) in [5.41, 5.74) is 5.97. The van der Waals surface area contributed by atoms with E-state index in [1.807, 2.05) is 6.92 Å². The van der Waals surface area contributed by atoms with Crippen molar-refractivity contribution in [3.63, 3.8) is 0 Å². The number of hydrogen-bond donors (Lipinski definition) is 2. The first-order valence-corrected chi connectivity index (χ1v) is 6.72. The van der Waals surface area contributed by atoms with Crippen molar-refractivity contribution in [2.45, 2.75) is 17.9 Å². The number of nitrogen functional groups attached to an aromatic ring is 1. The molecule has 7 heteroatoms. The third kappa shape index (κ3) is 4.42. The molecule has 100 valence electrons. The van der Waals surface area contributed by atoms with Crippen LogP contribution < -0.4 is 11.1 Å². The van der Waals surface area contributed by atoms with Gasteiger partial charge in [0.15, 0.2) is 0 Å². The van der Waals surface area contributed by atoms with Gasteiger partial charge in [-0.2, -0.15) is 0 Å². The highest BCUT2D eigenvalue weighted by molar-refractivity contribution is 7.86. The highest BCUT2D eigenvalue weighted by atomic mass is 32.2. The molecule has 0 radical (unpaired) electrons. The molecule has 1 aromatic heterocycles. The van der Waals surface area contributed by atoms with Crippen LogP contribution in [0.4, 0.5) is 5.69 Å². The van der Waals surface area contributed by atoms with Crippen molar-refractivity contribution in [2.24, 2.45) is 0 Å². The fraction of sp³-hybridized carbons (Fsp3) is 0.455. The van der Waals surface area contributed by atoms with E-state index >= 15 is 0 Å². The lowest BCUT2D eigenvalue weighted by molar-refractivity contribution is -0.119. The molecule has 6 nitrogen and oxygen atoms in total. The standard InChI is InChI=1S/C11H17N3O3S/c1-8(6-17-2)14-11(15)7-18(16)10-3-4-13-5-9(10)12/h3-5,8H,6-7,12H2,1-2H3,(H,14,15). The Labute approximate surface area is 108 Å². The lowest BCUT2D eigenvalue weighted by Gasteiger charge is -2.12. The van der Waals surface area contributed by atoms with Gasteiger partial charge in [0.2, 0.25) is 5.91 Å².